The van der Waals surface area contributed by atoms with Crippen LogP contribution in [-0.2, 0) is 9.59 Å². The molecule has 22 heavy (non-hydrogen) atoms. The van der Waals surface area contributed by atoms with Crippen LogP contribution in [0.4, 0.5) is 5.69 Å². The van der Waals surface area contributed by atoms with E-state index in [0.717, 1.165) is 10.2 Å². The molecule has 0 radical (unpaired) electrons. The first-order chi connectivity index (χ1) is 10.5. The Balaban J connectivity index is 1.95. The SMILES string of the molecule is CC(C)=N/N=C1/NC(=O)C(CC(=O)Nc2ccccc2Br)S1. The molecule has 2 amide bonds. The average molecular weight is 383 g/mol. The Labute approximate surface area is 141 Å². The maximum Gasteiger partial charge on any atom is 0.240 e. The van der Waals surface area contributed by atoms with Gasteiger partial charge in [0.2, 0.25) is 11.8 Å². The van der Waals surface area contributed by atoms with Gasteiger partial charge >= 0.3 is 0 Å². The predicted octanol–water partition coefficient (Wildman–Crippen LogP) is 2.76. The Kier molecular flexibility index (Phi) is 5.73. The highest BCUT2D eigenvalue weighted by atomic mass is 79.9. The molecule has 1 unspecified atom stereocenters. The highest BCUT2D eigenvalue weighted by Gasteiger charge is 2.32. The summed E-state index contributed by atoms with van der Waals surface area (Å²) in [6.07, 6.45) is 0.0751. The fourth-order valence-electron chi connectivity index (χ4n) is 1.66. The van der Waals surface area contributed by atoms with Gasteiger partial charge in [0, 0.05) is 16.6 Å². The summed E-state index contributed by atoms with van der Waals surface area (Å²) in [6.45, 7) is 3.63. The van der Waals surface area contributed by atoms with E-state index in [1.54, 1.807) is 6.07 Å². The number of nitrogens with one attached hydrogen (secondary N) is 2. The van der Waals surface area contributed by atoms with Gasteiger partial charge < -0.3 is 10.6 Å². The predicted molar refractivity (Wildman–Crippen MR) is 93.1 cm³/mol. The molecule has 1 heterocycles. The van der Waals surface area contributed by atoms with Crippen LogP contribution in [0.1, 0.15) is 20.3 Å². The van der Waals surface area contributed by atoms with E-state index in [4.69, 9.17) is 0 Å². The Morgan fingerprint density at radius 2 is 2.14 bits per heavy atom. The van der Waals surface area contributed by atoms with Crippen LogP contribution in [0.3, 0.4) is 0 Å². The van der Waals surface area contributed by atoms with Crippen LogP contribution in [-0.4, -0.2) is 27.9 Å². The first-order valence-corrected chi connectivity index (χ1v) is 8.23. The number of amides is 2. The molecule has 1 aromatic carbocycles. The minimum atomic E-state index is -0.492. The quantitative estimate of drug-likeness (QED) is 0.620. The Bertz CT molecular complexity index is 656. The Morgan fingerprint density at radius 3 is 2.82 bits per heavy atom. The van der Waals surface area contributed by atoms with Crippen LogP contribution in [0.2, 0.25) is 0 Å². The van der Waals surface area contributed by atoms with Crippen molar-refractivity contribution in [3.05, 3.63) is 28.7 Å². The molecule has 1 aromatic rings. The summed E-state index contributed by atoms with van der Waals surface area (Å²) in [5, 5.41) is 13.1. The molecular formula is C14H15BrN4O2S. The molecule has 0 bridgehead atoms. The maximum absolute atomic E-state index is 12.0. The topological polar surface area (TPSA) is 82.9 Å². The summed E-state index contributed by atoms with van der Waals surface area (Å²) in [7, 11) is 0. The van der Waals surface area contributed by atoms with Gasteiger partial charge in [-0.25, -0.2) is 0 Å². The second-order valence-corrected chi connectivity index (χ2v) is 6.83. The third-order valence-corrected chi connectivity index (χ3v) is 4.40. The molecule has 116 valence electrons. The molecule has 0 saturated carbocycles. The van der Waals surface area contributed by atoms with E-state index in [1.165, 1.54) is 11.8 Å². The van der Waals surface area contributed by atoms with E-state index in [0.29, 0.717) is 10.9 Å². The van der Waals surface area contributed by atoms with E-state index >= 15 is 0 Å². The number of para-hydroxylation sites is 1. The van der Waals surface area contributed by atoms with Crippen molar-refractivity contribution in [3.63, 3.8) is 0 Å². The van der Waals surface area contributed by atoms with E-state index in [-0.39, 0.29) is 18.2 Å². The van der Waals surface area contributed by atoms with Gasteiger partial charge in [-0.2, -0.15) is 5.10 Å². The summed E-state index contributed by atoms with van der Waals surface area (Å²) in [6, 6.07) is 7.31. The molecule has 1 fully saturated rings. The van der Waals surface area contributed by atoms with Crippen LogP contribution in [0.5, 0.6) is 0 Å². The molecular weight excluding hydrogens is 368 g/mol. The number of thioether (sulfide) groups is 1. The van der Waals surface area contributed by atoms with E-state index in [9.17, 15) is 9.59 Å². The van der Waals surface area contributed by atoms with E-state index < -0.39 is 5.25 Å². The zero-order chi connectivity index (χ0) is 16.1. The lowest BCUT2D eigenvalue weighted by Crippen LogP contribution is -2.28. The number of halogens is 1. The number of anilines is 1. The molecule has 1 atom stereocenters. The highest BCUT2D eigenvalue weighted by molar-refractivity contribution is 9.10. The molecule has 1 aliphatic rings. The van der Waals surface area contributed by atoms with Gasteiger partial charge in [-0.15, -0.1) is 5.10 Å². The monoisotopic (exact) mass is 382 g/mol. The molecule has 1 aliphatic heterocycles. The summed E-state index contributed by atoms with van der Waals surface area (Å²) in [5.74, 6) is -0.453. The molecule has 0 aromatic heterocycles. The lowest BCUT2D eigenvalue weighted by molar-refractivity contribution is -0.122. The van der Waals surface area contributed by atoms with Crippen LogP contribution in [0.15, 0.2) is 38.9 Å². The first-order valence-electron chi connectivity index (χ1n) is 6.56. The van der Waals surface area contributed by atoms with Crippen molar-refractivity contribution in [1.29, 1.82) is 0 Å². The summed E-state index contributed by atoms with van der Waals surface area (Å²) in [5.41, 5.74) is 1.47. The molecule has 6 nitrogen and oxygen atoms in total. The fraction of sp³-hybridized carbons (Fsp3) is 0.286. The van der Waals surface area contributed by atoms with Crippen molar-refractivity contribution in [2.75, 3.05) is 5.32 Å². The van der Waals surface area contributed by atoms with Crippen molar-refractivity contribution in [2.45, 2.75) is 25.5 Å². The minimum Gasteiger partial charge on any atom is -0.325 e. The zero-order valence-corrected chi connectivity index (χ0v) is 14.5. The second-order valence-electron chi connectivity index (χ2n) is 4.78. The number of hydrogen-bond donors (Lipinski definition) is 2. The van der Waals surface area contributed by atoms with Gasteiger partial charge in [0.1, 0.15) is 5.25 Å². The summed E-state index contributed by atoms with van der Waals surface area (Å²) >= 11 is 4.57. The van der Waals surface area contributed by atoms with Crippen molar-refractivity contribution < 1.29 is 9.59 Å². The molecule has 1 saturated heterocycles. The van der Waals surface area contributed by atoms with Crippen LogP contribution in [0.25, 0.3) is 0 Å². The Morgan fingerprint density at radius 1 is 1.41 bits per heavy atom. The number of hydrogen-bond acceptors (Lipinski definition) is 5. The van der Waals surface area contributed by atoms with Gasteiger partial charge in [-0.3, -0.25) is 9.59 Å². The van der Waals surface area contributed by atoms with Gasteiger partial charge in [0.15, 0.2) is 5.17 Å². The van der Waals surface area contributed by atoms with Crippen LogP contribution in [0, 0.1) is 0 Å². The zero-order valence-electron chi connectivity index (χ0n) is 12.1. The second kappa shape index (κ2) is 7.55. The lowest BCUT2D eigenvalue weighted by atomic mass is 10.2. The third kappa shape index (κ3) is 4.67. The Hall–Kier alpha value is -1.67. The molecule has 0 spiro atoms. The van der Waals surface area contributed by atoms with Crippen molar-refractivity contribution in [2.24, 2.45) is 10.2 Å². The van der Waals surface area contributed by atoms with Crippen molar-refractivity contribution in [3.8, 4) is 0 Å². The van der Waals surface area contributed by atoms with Gasteiger partial charge in [0.05, 0.1) is 5.69 Å². The van der Waals surface area contributed by atoms with E-state index in [2.05, 4.69) is 36.8 Å². The van der Waals surface area contributed by atoms with Crippen LogP contribution >= 0.6 is 27.7 Å². The number of benzene rings is 1. The smallest absolute Gasteiger partial charge is 0.240 e. The average Bonchev–Trinajstić information content (AvgIpc) is 2.79. The molecule has 0 aliphatic carbocycles. The number of carbonyl (C=O) groups excluding carboxylic acids is 2. The highest BCUT2D eigenvalue weighted by Crippen LogP contribution is 2.25. The minimum absolute atomic E-state index is 0.0751. The van der Waals surface area contributed by atoms with Gasteiger partial charge in [-0.1, -0.05) is 23.9 Å². The van der Waals surface area contributed by atoms with E-state index in [1.807, 2.05) is 32.0 Å². The first kappa shape index (κ1) is 16.7. The number of rotatable bonds is 4. The normalized spacial score (nSPS) is 19.0. The maximum atomic E-state index is 12.0. The van der Waals surface area contributed by atoms with Crippen molar-refractivity contribution in [1.82, 2.24) is 5.32 Å². The van der Waals surface area contributed by atoms with Gasteiger partial charge in [-0.05, 0) is 41.9 Å². The largest absolute Gasteiger partial charge is 0.325 e. The summed E-state index contributed by atoms with van der Waals surface area (Å²) < 4.78 is 0.793. The number of nitrogens with zero attached hydrogens (tertiary/aromatic N) is 2. The number of carbonyl (C=O) groups is 2. The molecule has 8 heteroatoms. The molecule has 2 N–H and O–H groups in total. The molecule has 2 rings (SSSR count). The van der Waals surface area contributed by atoms with Crippen LogP contribution < -0.4 is 10.6 Å². The van der Waals surface area contributed by atoms with Crippen molar-refractivity contribution >= 4 is 56.1 Å². The standard InChI is InChI=1S/C14H15BrN4O2S/c1-8(2)18-19-14-17-13(21)11(22-14)7-12(20)16-10-6-4-3-5-9(10)15/h3-6,11H,7H2,1-2H3,(H,16,20)(H,17,19,21). The third-order valence-electron chi connectivity index (χ3n) is 2.64. The summed E-state index contributed by atoms with van der Waals surface area (Å²) in [4.78, 5) is 23.9. The van der Waals surface area contributed by atoms with Gasteiger partial charge in [0.25, 0.3) is 0 Å². The lowest BCUT2D eigenvalue weighted by Gasteiger charge is -2.08. The fourth-order valence-corrected chi connectivity index (χ4v) is 2.97. The number of amidine groups is 1.